The number of methoxy groups -OCH3 is 1. The third-order valence-corrected chi connectivity index (χ3v) is 4.94. The Kier molecular flexibility index (Phi) is 8.68. The second-order valence-electron chi connectivity index (χ2n) is 6.16. The van der Waals surface area contributed by atoms with E-state index in [0.717, 1.165) is 18.3 Å². The third-order valence-electron chi connectivity index (χ3n) is 4.20. The molecule has 150 valence electrons. The van der Waals surface area contributed by atoms with Crippen LogP contribution >= 0.6 is 11.8 Å². The van der Waals surface area contributed by atoms with Crippen molar-refractivity contribution in [3.63, 3.8) is 0 Å². The molecule has 2 aromatic carbocycles. The number of hydrogen-bond acceptors (Lipinski definition) is 4. The monoisotopic (exact) mass is 400 g/mol. The van der Waals surface area contributed by atoms with Gasteiger partial charge in [0.15, 0.2) is 5.96 Å². The molecule has 0 unspecified atom stereocenters. The Morgan fingerprint density at radius 1 is 1.07 bits per heavy atom. The van der Waals surface area contributed by atoms with Crippen molar-refractivity contribution in [2.75, 3.05) is 40.6 Å². The minimum absolute atomic E-state index is 0.110. The first-order valence-electron chi connectivity index (χ1n) is 9.04. The lowest BCUT2D eigenvalue weighted by Gasteiger charge is -2.22. The molecule has 1 amide bonds. The van der Waals surface area contributed by atoms with E-state index in [1.165, 1.54) is 10.5 Å². The van der Waals surface area contributed by atoms with Crippen LogP contribution in [0.4, 0.5) is 0 Å². The van der Waals surface area contributed by atoms with Gasteiger partial charge in [0.25, 0.3) is 5.91 Å². The Bertz CT molecular complexity index is 776. The number of guanidine groups is 1. The fraction of sp³-hybridized carbons (Fsp3) is 0.333. The summed E-state index contributed by atoms with van der Waals surface area (Å²) in [5, 5.41) is 6.17. The first-order valence-corrected chi connectivity index (χ1v) is 10.3. The van der Waals surface area contributed by atoms with Crippen LogP contribution in [0.1, 0.15) is 15.9 Å². The minimum Gasteiger partial charge on any atom is -0.497 e. The molecular formula is C21H28N4O2S. The molecule has 0 aliphatic carbocycles. The van der Waals surface area contributed by atoms with Gasteiger partial charge in [0.05, 0.1) is 7.11 Å². The summed E-state index contributed by atoms with van der Waals surface area (Å²) in [6, 6.07) is 15.5. The van der Waals surface area contributed by atoms with Crippen molar-refractivity contribution < 1.29 is 9.53 Å². The van der Waals surface area contributed by atoms with Crippen LogP contribution in [0.3, 0.4) is 0 Å². The molecule has 2 N–H and O–H groups in total. The van der Waals surface area contributed by atoms with Crippen LogP contribution < -0.4 is 15.4 Å². The zero-order valence-corrected chi connectivity index (χ0v) is 17.7. The average molecular weight is 401 g/mol. The Labute approximate surface area is 171 Å². The Morgan fingerprint density at radius 3 is 2.29 bits per heavy atom. The highest BCUT2D eigenvalue weighted by atomic mass is 32.2. The van der Waals surface area contributed by atoms with E-state index >= 15 is 0 Å². The van der Waals surface area contributed by atoms with Crippen molar-refractivity contribution in [3.8, 4) is 5.75 Å². The van der Waals surface area contributed by atoms with Crippen molar-refractivity contribution >= 4 is 23.6 Å². The number of nitrogens with one attached hydrogen (secondary N) is 2. The predicted octanol–water partition coefficient (Wildman–Crippen LogP) is 2.85. The summed E-state index contributed by atoms with van der Waals surface area (Å²) in [6.07, 6.45) is 2.07. The minimum atomic E-state index is -0.110. The number of amides is 1. The van der Waals surface area contributed by atoms with Crippen LogP contribution in [0.25, 0.3) is 0 Å². The average Bonchev–Trinajstić information content (AvgIpc) is 2.74. The number of ether oxygens (including phenoxy) is 1. The zero-order chi connectivity index (χ0) is 20.4. The number of hydrogen-bond donors (Lipinski definition) is 2. The van der Waals surface area contributed by atoms with E-state index in [1.54, 1.807) is 50.2 Å². The van der Waals surface area contributed by atoms with Crippen LogP contribution in [-0.2, 0) is 6.54 Å². The first kappa shape index (κ1) is 21.6. The van der Waals surface area contributed by atoms with Gasteiger partial charge in [-0.3, -0.25) is 9.79 Å². The van der Waals surface area contributed by atoms with E-state index in [0.29, 0.717) is 18.7 Å². The molecule has 2 rings (SSSR count). The maximum absolute atomic E-state index is 12.2. The summed E-state index contributed by atoms with van der Waals surface area (Å²) in [5.41, 5.74) is 1.83. The molecule has 28 heavy (non-hydrogen) atoms. The van der Waals surface area contributed by atoms with Crippen molar-refractivity contribution in [2.24, 2.45) is 4.99 Å². The van der Waals surface area contributed by atoms with Crippen LogP contribution in [0.2, 0.25) is 0 Å². The maximum atomic E-state index is 12.2. The molecule has 0 spiro atoms. The van der Waals surface area contributed by atoms with Crippen LogP contribution in [0.5, 0.6) is 5.75 Å². The molecule has 0 heterocycles. The molecule has 0 fully saturated rings. The van der Waals surface area contributed by atoms with Crippen molar-refractivity contribution in [1.29, 1.82) is 0 Å². The number of carbonyl (C=O) groups excluding carboxylic acids is 1. The van der Waals surface area contributed by atoms with Gasteiger partial charge in [-0.2, -0.15) is 0 Å². The van der Waals surface area contributed by atoms with Crippen LogP contribution in [0, 0.1) is 0 Å². The summed E-state index contributed by atoms with van der Waals surface area (Å²) in [7, 11) is 5.35. The van der Waals surface area contributed by atoms with E-state index in [4.69, 9.17) is 4.74 Å². The molecule has 0 atom stereocenters. The Balaban J connectivity index is 1.76. The molecular weight excluding hydrogens is 372 g/mol. The van der Waals surface area contributed by atoms with E-state index in [2.05, 4.69) is 51.0 Å². The molecule has 0 radical (unpaired) electrons. The number of thioether (sulfide) groups is 1. The molecule has 0 bridgehead atoms. The van der Waals surface area contributed by atoms with Gasteiger partial charge in [0.2, 0.25) is 0 Å². The quantitative estimate of drug-likeness (QED) is 0.309. The predicted molar refractivity (Wildman–Crippen MR) is 116 cm³/mol. The SMILES string of the molecule is CN=C(NCCNC(=O)c1ccc(OC)cc1)N(C)Cc1ccc(SC)cc1. The molecule has 2 aromatic rings. The number of benzene rings is 2. The molecule has 0 saturated heterocycles. The molecule has 0 aliphatic heterocycles. The van der Waals surface area contributed by atoms with Gasteiger partial charge in [-0.25, -0.2) is 0 Å². The summed E-state index contributed by atoms with van der Waals surface area (Å²) in [4.78, 5) is 19.8. The third kappa shape index (κ3) is 6.49. The van der Waals surface area contributed by atoms with Crippen LogP contribution in [-0.4, -0.2) is 57.3 Å². The fourth-order valence-electron chi connectivity index (χ4n) is 2.66. The lowest BCUT2D eigenvalue weighted by Crippen LogP contribution is -2.42. The van der Waals surface area contributed by atoms with Gasteiger partial charge in [0, 0.05) is 44.2 Å². The number of nitrogens with zero attached hydrogens (tertiary/aromatic N) is 2. The van der Waals surface area contributed by atoms with Crippen LogP contribution in [0.15, 0.2) is 58.4 Å². The summed E-state index contributed by atoms with van der Waals surface area (Å²) < 4.78 is 5.10. The molecule has 0 aliphatic rings. The first-order chi connectivity index (χ1) is 13.6. The zero-order valence-electron chi connectivity index (χ0n) is 16.9. The van der Waals surface area contributed by atoms with Crippen molar-refractivity contribution in [3.05, 3.63) is 59.7 Å². The summed E-state index contributed by atoms with van der Waals surface area (Å²) in [6.45, 7) is 1.84. The van der Waals surface area contributed by atoms with E-state index in [9.17, 15) is 4.79 Å². The highest BCUT2D eigenvalue weighted by Gasteiger charge is 2.08. The van der Waals surface area contributed by atoms with E-state index < -0.39 is 0 Å². The summed E-state index contributed by atoms with van der Waals surface area (Å²) >= 11 is 1.73. The van der Waals surface area contributed by atoms with Gasteiger partial charge in [-0.15, -0.1) is 11.8 Å². The smallest absolute Gasteiger partial charge is 0.251 e. The summed E-state index contributed by atoms with van der Waals surface area (Å²) in [5.74, 6) is 1.41. The normalized spacial score (nSPS) is 11.1. The lowest BCUT2D eigenvalue weighted by molar-refractivity contribution is 0.0954. The lowest BCUT2D eigenvalue weighted by atomic mass is 10.2. The number of aliphatic imine (C=N–C) groups is 1. The molecule has 0 aromatic heterocycles. The van der Waals surface area contributed by atoms with Crippen molar-refractivity contribution in [1.82, 2.24) is 15.5 Å². The second kappa shape index (κ2) is 11.2. The highest BCUT2D eigenvalue weighted by molar-refractivity contribution is 7.98. The molecule has 7 heteroatoms. The fourth-order valence-corrected chi connectivity index (χ4v) is 3.07. The number of carbonyl (C=O) groups is 1. The highest BCUT2D eigenvalue weighted by Crippen LogP contribution is 2.15. The second-order valence-corrected chi connectivity index (χ2v) is 7.04. The van der Waals surface area contributed by atoms with Gasteiger partial charge < -0.3 is 20.3 Å². The molecule has 6 nitrogen and oxygen atoms in total. The van der Waals surface area contributed by atoms with Gasteiger partial charge in [-0.05, 0) is 48.2 Å². The van der Waals surface area contributed by atoms with E-state index in [-0.39, 0.29) is 5.91 Å². The Hall–Kier alpha value is -2.67. The topological polar surface area (TPSA) is 66.0 Å². The largest absolute Gasteiger partial charge is 0.497 e. The maximum Gasteiger partial charge on any atom is 0.251 e. The standard InChI is InChI=1S/C21H28N4O2S/c1-22-21(25(2)15-16-5-11-19(28-4)12-6-16)24-14-13-23-20(26)17-7-9-18(27-3)10-8-17/h5-12H,13-15H2,1-4H3,(H,22,24)(H,23,26). The molecule has 0 saturated carbocycles. The van der Waals surface area contributed by atoms with Gasteiger partial charge in [0.1, 0.15) is 5.75 Å². The van der Waals surface area contributed by atoms with Crippen molar-refractivity contribution in [2.45, 2.75) is 11.4 Å². The Morgan fingerprint density at radius 2 is 1.71 bits per heavy atom. The van der Waals surface area contributed by atoms with E-state index in [1.807, 2.05) is 7.05 Å². The van der Waals surface area contributed by atoms with Gasteiger partial charge >= 0.3 is 0 Å². The van der Waals surface area contributed by atoms with Gasteiger partial charge in [-0.1, -0.05) is 12.1 Å². The number of rotatable bonds is 8.